The van der Waals surface area contributed by atoms with Crippen LogP contribution in [0.15, 0.2) is 47.4 Å². The van der Waals surface area contributed by atoms with E-state index in [1.165, 1.54) is 36.4 Å². The van der Waals surface area contributed by atoms with Crippen molar-refractivity contribution in [2.24, 2.45) is 0 Å². The Hall–Kier alpha value is -2.79. The predicted molar refractivity (Wildman–Crippen MR) is 134 cm³/mol. The first-order valence-corrected chi connectivity index (χ1v) is 12.1. The van der Waals surface area contributed by atoms with Gasteiger partial charge in [0.2, 0.25) is 5.95 Å². The van der Waals surface area contributed by atoms with Gasteiger partial charge in [-0.2, -0.15) is 0 Å². The molecule has 0 saturated heterocycles. The zero-order valence-corrected chi connectivity index (χ0v) is 20.9. The molecule has 8 nitrogen and oxygen atoms in total. The summed E-state index contributed by atoms with van der Waals surface area (Å²) in [5.41, 5.74) is 2.68. The number of carbonyl (C=O) groups excluding carboxylic acids is 1. The first-order valence-electron chi connectivity index (χ1n) is 9.48. The minimum atomic E-state index is -3.89. The van der Waals surface area contributed by atoms with Crippen LogP contribution in [0.3, 0.4) is 0 Å². The van der Waals surface area contributed by atoms with Gasteiger partial charge in [-0.25, -0.2) is 23.1 Å². The van der Waals surface area contributed by atoms with Crippen molar-refractivity contribution < 1.29 is 13.2 Å². The highest BCUT2D eigenvalue weighted by molar-refractivity contribution is 7.92. The van der Waals surface area contributed by atoms with Crippen LogP contribution in [-0.2, 0) is 10.0 Å². The molecule has 0 spiro atoms. The fourth-order valence-electron chi connectivity index (χ4n) is 2.78. The summed E-state index contributed by atoms with van der Waals surface area (Å²) in [5.74, 6) is -0.497. The van der Waals surface area contributed by atoms with Gasteiger partial charge in [0.05, 0.1) is 4.90 Å². The smallest absolute Gasteiger partial charge is 0.264 e. The van der Waals surface area contributed by atoms with Gasteiger partial charge in [-0.1, -0.05) is 23.2 Å². The third-order valence-corrected chi connectivity index (χ3v) is 6.73. The maximum Gasteiger partial charge on any atom is 0.264 e. The van der Waals surface area contributed by atoms with Crippen LogP contribution < -0.4 is 15.4 Å². The van der Waals surface area contributed by atoms with E-state index in [4.69, 9.17) is 35.4 Å². The highest BCUT2D eigenvalue weighted by atomic mass is 35.5. The van der Waals surface area contributed by atoms with Crippen molar-refractivity contribution >= 4 is 68.1 Å². The van der Waals surface area contributed by atoms with E-state index in [-0.39, 0.29) is 21.5 Å². The lowest BCUT2D eigenvalue weighted by Crippen LogP contribution is -2.34. The molecule has 1 amide bonds. The molecule has 1 aromatic heterocycles. The Labute approximate surface area is 206 Å². The summed E-state index contributed by atoms with van der Waals surface area (Å²) in [6, 6.07) is 10.5. The lowest BCUT2D eigenvalue weighted by molar-refractivity contribution is 0.0977. The predicted octanol–water partition coefficient (Wildman–Crippen LogP) is 4.64. The van der Waals surface area contributed by atoms with Gasteiger partial charge in [0.1, 0.15) is 0 Å². The van der Waals surface area contributed by atoms with E-state index in [0.29, 0.717) is 32.7 Å². The summed E-state index contributed by atoms with van der Waals surface area (Å²) >= 11 is 17.3. The van der Waals surface area contributed by atoms with Crippen LogP contribution in [0.4, 0.5) is 11.6 Å². The van der Waals surface area contributed by atoms with E-state index in [1.54, 1.807) is 26.8 Å². The number of benzene rings is 2. The molecular weight excluding hydrogens is 505 g/mol. The van der Waals surface area contributed by atoms with Crippen molar-refractivity contribution in [1.82, 2.24) is 15.3 Å². The number of hydrogen-bond acceptors (Lipinski definition) is 6. The van der Waals surface area contributed by atoms with Gasteiger partial charge in [0, 0.05) is 32.7 Å². The summed E-state index contributed by atoms with van der Waals surface area (Å²) in [5, 5.41) is 6.09. The van der Waals surface area contributed by atoms with Crippen molar-refractivity contribution in [2.75, 3.05) is 10.0 Å². The van der Waals surface area contributed by atoms with Crippen LogP contribution in [0, 0.1) is 20.8 Å². The number of amides is 1. The van der Waals surface area contributed by atoms with Crippen molar-refractivity contribution in [3.05, 3.63) is 75.0 Å². The summed E-state index contributed by atoms with van der Waals surface area (Å²) in [6.07, 6.45) is 0. The lowest BCUT2D eigenvalue weighted by Gasteiger charge is -2.12. The summed E-state index contributed by atoms with van der Waals surface area (Å²) in [7, 11) is -3.89. The van der Waals surface area contributed by atoms with E-state index in [2.05, 4.69) is 25.3 Å². The molecule has 0 aliphatic heterocycles. The molecule has 0 bridgehead atoms. The van der Waals surface area contributed by atoms with Gasteiger partial charge in [-0.15, -0.1) is 0 Å². The van der Waals surface area contributed by atoms with E-state index in [9.17, 15) is 13.2 Å². The second kappa shape index (κ2) is 10.0. The van der Waals surface area contributed by atoms with Gasteiger partial charge in [-0.05, 0) is 81.0 Å². The second-order valence-electron chi connectivity index (χ2n) is 7.08. The van der Waals surface area contributed by atoms with Gasteiger partial charge in [0.25, 0.3) is 15.9 Å². The van der Waals surface area contributed by atoms with Crippen molar-refractivity contribution in [2.45, 2.75) is 25.7 Å². The van der Waals surface area contributed by atoms with Gasteiger partial charge < -0.3 is 5.32 Å². The Bertz CT molecular complexity index is 1300. The minimum Gasteiger partial charge on any atom is -0.332 e. The highest BCUT2D eigenvalue weighted by Crippen LogP contribution is 2.25. The van der Waals surface area contributed by atoms with Gasteiger partial charge >= 0.3 is 0 Å². The molecule has 0 atom stereocenters. The Morgan fingerprint density at radius 1 is 0.939 bits per heavy atom. The molecule has 3 N–H and O–H groups in total. The molecule has 0 radical (unpaired) electrons. The molecule has 0 fully saturated rings. The van der Waals surface area contributed by atoms with Gasteiger partial charge in [0.15, 0.2) is 5.11 Å². The third kappa shape index (κ3) is 6.38. The Morgan fingerprint density at radius 2 is 1.48 bits per heavy atom. The minimum absolute atomic E-state index is 0.00472. The van der Waals surface area contributed by atoms with Crippen LogP contribution in [0.5, 0.6) is 0 Å². The molecule has 12 heteroatoms. The number of nitrogens with zero attached hydrogens (tertiary/aromatic N) is 2. The summed E-state index contributed by atoms with van der Waals surface area (Å²) in [6.45, 7) is 5.24. The Kier molecular flexibility index (Phi) is 7.53. The number of sulfonamides is 1. The number of aromatic nitrogens is 2. The fourth-order valence-corrected chi connectivity index (χ4v) is 4.42. The molecule has 1 heterocycles. The van der Waals surface area contributed by atoms with Gasteiger partial charge in [-0.3, -0.25) is 10.1 Å². The third-order valence-electron chi connectivity index (χ3n) is 4.40. The SMILES string of the molecule is Cc1cc(C)nc(NS(=O)(=O)c2ccc(NC(=S)NC(=O)c3cc(Cl)c(C)c(Cl)c3)cc2)n1. The van der Waals surface area contributed by atoms with Crippen LogP contribution in [-0.4, -0.2) is 29.4 Å². The number of hydrogen-bond donors (Lipinski definition) is 3. The normalized spacial score (nSPS) is 11.1. The quantitative estimate of drug-likeness (QED) is 0.417. The second-order valence-corrected chi connectivity index (χ2v) is 9.98. The standard InChI is InChI=1S/C21H19Cl2N5O3S2/c1-11-8-12(2)25-20(24-11)28-33(30,31)16-6-4-15(5-7-16)26-21(32)27-19(29)14-9-17(22)13(3)18(23)10-14/h4-10H,1-3H3,(H,24,25,28)(H2,26,27,29,32). The number of halogens is 2. The number of thiocarbonyl (C=S) groups is 1. The maximum absolute atomic E-state index is 12.6. The van der Waals surface area contributed by atoms with E-state index in [1.807, 2.05) is 0 Å². The first-order chi connectivity index (χ1) is 15.4. The van der Waals surface area contributed by atoms with E-state index < -0.39 is 15.9 Å². The number of anilines is 2. The maximum atomic E-state index is 12.6. The molecule has 2 aromatic carbocycles. The molecule has 3 rings (SSSR count). The first kappa shape index (κ1) is 24.8. The fraction of sp³-hybridized carbons (Fsp3) is 0.143. The Morgan fingerprint density at radius 3 is 2.03 bits per heavy atom. The summed E-state index contributed by atoms with van der Waals surface area (Å²) in [4.78, 5) is 20.6. The molecule has 0 saturated carbocycles. The molecular formula is C21H19Cl2N5O3S2. The molecule has 172 valence electrons. The zero-order chi connectivity index (χ0) is 24.3. The average Bonchev–Trinajstić information content (AvgIpc) is 2.70. The molecule has 0 aliphatic carbocycles. The van der Waals surface area contributed by atoms with Crippen LogP contribution in [0.2, 0.25) is 10.0 Å². The molecule has 3 aromatic rings. The molecule has 33 heavy (non-hydrogen) atoms. The summed E-state index contributed by atoms with van der Waals surface area (Å²) < 4.78 is 27.6. The number of carbonyl (C=O) groups is 1. The van der Waals surface area contributed by atoms with Crippen molar-refractivity contribution in [1.29, 1.82) is 0 Å². The number of nitrogens with one attached hydrogen (secondary N) is 3. The largest absolute Gasteiger partial charge is 0.332 e. The van der Waals surface area contributed by atoms with E-state index in [0.717, 1.165) is 0 Å². The zero-order valence-electron chi connectivity index (χ0n) is 17.7. The number of aryl methyl sites for hydroxylation is 2. The molecule has 0 unspecified atom stereocenters. The van der Waals surface area contributed by atoms with Crippen LogP contribution in [0.1, 0.15) is 27.3 Å². The number of rotatable bonds is 5. The monoisotopic (exact) mass is 523 g/mol. The average molecular weight is 524 g/mol. The van der Waals surface area contributed by atoms with Crippen molar-refractivity contribution in [3.63, 3.8) is 0 Å². The Balaban J connectivity index is 1.66. The molecule has 0 aliphatic rings. The topological polar surface area (TPSA) is 113 Å². The van der Waals surface area contributed by atoms with Crippen LogP contribution >= 0.6 is 35.4 Å². The lowest BCUT2D eigenvalue weighted by atomic mass is 10.1. The highest BCUT2D eigenvalue weighted by Gasteiger charge is 2.17. The van der Waals surface area contributed by atoms with Crippen molar-refractivity contribution in [3.8, 4) is 0 Å². The van der Waals surface area contributed by atoms with Crippen LogP contribution in [0.25, 0.3) is 0 Å². The van der Waals surface area contributed by atoms with E-state index >= 15 is 0 Å².